The maximum Gasteiger partial charge on any atom is 0.233 e. The van der Waals surface area contributed by atoms with Crippen LogP contribution in [0.25, 0.3) is 5.69 Å². The highest BCUT2D eigenvalue weighted by molar-refractivity contribution is 7.92. The third-order valence-electron chi connectivity index (χ3n) is 3.52. The monoisotopic (exact) mass is 326 g/mol. The van der Waals surface area contributed by atoms with Crippen molar-refractivity contribution in [2.45, 2.75) is 6.42 Å². The fourth-order valence-corrected chi connectivity index (χ4v) is 3.46. The number of nitrogens with zero attached hydrogens (tertiary/aromatic N) is 1. The molecule has 4 nitrogen and oxygen atoms in total. The van der Waals surface area contributed by atoms with E-state index >= 15 is 0 Å². The quantitative estimate of drug-likeness (QED) is 0.754. The van der Waals surface area contributed by atoms with Gasteiger partial charge in [0.2, 0.25) is 10.0 Å². The van der Waals surface area contributed by atoms with E-state index in [0.717, 1.165) is 11.3 Å². The van der Waals surface area contributed by atoms with Gasteiger partial charge >= 0.3 is 0 Å². The average Bonchev–Trinajstić information content (AvgIpc) is 3.08. The summed E-state index contributed by atoms with van der Waals surface area (Å²) in [6, 6.07) is 20.8. The van der Waals surface area contributed by atoms with Crippen molar-refractivity contribution in [1.82, 2.24) is 4.57 Å². The van der Waals surface area contributed by atoms with Gasteiger partial charge in [0.15, 0.2) is 0 Å². The third kappa shape index (κ3) is 4.23. The second-order valence-electron chi connectivity index (χ2n) is 5.30. The summed E-state index contributed by atoms with van der Waals surface area (Å²) in [5, 5.41) is 0. The molecule has 0 bridgehead atoms. The van der Waals surface area contributed by atoms with Gasteiger partial charge in [0, 0.05) is 18.1 Å². The van der Waals surface area contributed by atoms with Crippen molar-refractivity contribution in [3.63, 3.8) is 0 Å². The minimum absolute atomic E-state index is 0.0603. The summed E-state index contributed by atoms with van der Waals surface area (Å²) in [7, 11) is -3.38. The molecule has 118 valence electrons. The van der Waals surface area contributed by atoms with Crippen LogP contribution < -0.4 is 4.72 Å². The molecular formula is C18H18N2O2S. The molecule has 0 amide bonds. The Labute approximate surface area is 136 Å². The first-order valence-corrected chi connectivity index (χ1v) is 9.05. The zero-order valence-corrected chi connectivity index (χ0v) is 13.4. The number of hydrogen-bond donors (Lipinski definition) is 1. The van der Waals surface area contributed by atoms with Crippen molar-refractivity contribution in [2.75, 3.05) is 10.5 Å². The Morgan fingerprint density at radius 3 is 2.35 bits per heavy atom. The van der Waals surface area contributed by atoms with Gasteiger partial charge in [-0.2, -0.15) is 0 Å². The smallest absolute Gasteiger partial charge is 0.233 e. The maximum absolute atomic E-state index is 12.3. The predicted octanol–water partition coefficient (Wildman–Crippen LogP) is 3.46. The molecule has 0 aliphatic heterocycles. The number of sulfonamides is 1. The van der Waals surface area contributed by atoms with E-state index in [9.17, 15) is 8.42 Å². The minimum Gasteiger partial charge on any atom is -0.324 e. The SMILES string of the molecule is O=S(=O)(CCc1ccccc1)Nc1cccc(-n2cccc2)c1. The van der Waals surface area contributed by atoms with E-state index < -0.39 is 10.0 Å². The van der Waals surface area contributed by atoms with Crippen LogP contribution in [0.1, 0.15) is 5.56 Å². The van der Waals surface area contributed by atoms with Crippen LogP contribution in [0.15, 0.2) is 79.1 Å². The van der Waals surface area contributed by atoms with Gasteiger partial charge in [-0.3, -0.25) is 4.72 Å². The van der Waals surface area contributed by atoms with Gasteiger partial charge in [-0.15, -0.1) is 0 Å². The lowest BCUT2D eigenvalue weighted by Crippen LogP contribution is -2.18. The molecule has 0 aliphatic rings. The zero-order valence-electron chi connectivity index (χ0n) is 12.6. The van der Waals surface area contributed by atoms with Crippen molar-refractivity contribution < 1.29 is 8.42 Å². The Kier molecular flexibility index (Phi) is 4.48. The molecule has 3 rings (SSSR count). The largest absolute Gasteiger partial charge is 0.324 e. The van der Waals surface area contributed by atoms with Gasteiger partial charge < -0.3 is 4.57 Å². The normalized spacial score (nSPS) is 11.3. The number of aryl methyl sites for hydroxylation is 1. The van der Waals surface area contributed by atoms with Gasteiger partial charge in [-0.25, -0.2) is 8.42 Å². The second-order valence-corrected chi connectivity index (χ2v) is 7.14. The summed E-state index contributed by atoms with van der Waals surface area (Å²) >= 11 is 0. The molecule has 0 atom stereocenters. The van der Waals surface area contributed by atoms with Gasteiger partial charge in [0.05, 0.1) is 11.4 Å². The van der Waals surface area contributed by atoms with Crippen LogP contribution in [0.2, 0.25) is 0 Å². The number of aromatic nitrogens is 1. The molecule has 1 heterocycles. The Morgan fingerprint density at radius 1 is 0.870 bits per heavy atom. The Balaban J connectivity index is 1.69. The maximum atomic E-state index is 12.3. The number of hydrogen-bond acceptors (Lipinski definition) is 2. The molecule has 0 unspecified atom stereocenters. The highest BCUT2D eigenvalue weighted by Crippen LogP contribution is 2.16. The molecule has 1 aromatic heterocycles. The van der Waals surface area contributed by atoms with E-state index in [0.29, 0.717) is 12.1 Å². The molecule has 0 saturated heterocycles. The second kappa shape index (κ2) is 6.71. The number of benzene rings is 2. The number of nitrogens with one attached hydrogen (secondary N) is 1. The fourth-order valence-electron chi connectivity index (χ4n) is 2.36. The Bertz CT molecular complexity index is 857. The van der Waals surface area contributed by atoms with Crippen LogP contribution >= 0.6 is 0 Å². The van der Waals surface area contributed by atoms with Gasteiger partial charge in [-0.1, -0.05) is 36.4 Å². The molecule has 0 aliphatic carbocycles. The molecule has 0 radical (unpaired) electrons. The van der Waals surface area contributed by atoms with Crippen molar-refractivity contribution >= 4 is 15.7 Å². The zero-order chi connectivity index (χ0) is 16.1. The van der Waals surface area contributed by atoms with Gasteiger partial charge in [-0.05, 0) is 42.3 Å². The lowest BCUT2D eigenvalue weighted by atomic mass is 10.2. The summed E-state index contributed by atoms with van der Waals surface area (Å²) in [5.74, 6) is 0.0603. The first-order valence-electron chi connectivity index (χ1n) is 7.40. The number of rotatable bonds is 6. The molecule has 23 heavy (non-hydrogen) atoms. The van der Waals surface area contributed by atoms with Crippen molar-refractivity contribution in [2.24, 2.45) is 0 Å². The molecule has 5 heteroatoms. The average molecular weight is 326 g/mol. The summed E-state index contributed by atoms with van der Waals surface area (Å²) in [4.78, 5) is 0. The summed E-state index contributed by atoms with van der Waals surface area (Å²) < 4.78 is 29.1. The van der Waals surface area contributed by atoms with E-state index in [1.54, 1.807) is 6.07 Å². The molecule has 1 N–H and O–H groups in total. The highest BCUT2D eigenvalue weighted by Gasteiger charge is 2.11. The third-order valence-corrected chi connectivity index (χ3v) is 4.81. The van der Waals surface area contributed by atoms with Crippen molar-refractivity contribution in [3.8, 4) is 5.69 Å². The van der Waals surface area contributed by atoms with Crippen molar-refractivity contribution in [3.05, 3.63) is 84.7 Å². The Hall–Kier alpha value is -2.53. The van der Waals surface area contributed by atoms with E-state index in [-0.39, 0.29) is 5.75 Å². The summed E-state index contributed by atoms with van der Waals surface area (Å²) in [5.41, 5.74) is 2.50. The first-order chi connectivity index (χ1) is 11.1. The summed E-state index contributed by atoms with van der Waals surface area (Å²) in [6.07, 6.45) is 4.33. The molecule has 0 spiro atoms. The van der Waals surface area contributed by atoms with E-state index in [1.807, 2.05) is 77.6 Å². The van der Waals surface area contributed by atoms with Crippen LogP contribution in [0.4, 0.5) is 5.69 Å². The van der Waals surface area contributed by atoms with Gasteiger partial charge in [0.25, 0.3) is 0 Å². The number of anilines is 1. The molecule has 0 fully saturated rings. The molecule has 3 aromatic rings. The highest BCUT2D eigenvalue weighted by atomic mass is 32.2. The van der Waals surface area contributed by atoms with Crippen LogP contribution in [-0.4, -0.2) is 18.7 Å². The predicted molar refractivity (Wildman–Crippen MR) is 93.3 cm³/mol. The lowest BCUT2D eigenvalue weighted by Gasteiger charge is -2.10. The van der Waals surface area contributed by atoms with E-state index in [4.69, 9.17) is 0 Å². The fraction of sp³-hybridized carbons (Fsp3) is 0.111. The van der Waals surface area contributed by atoms with E-state index in [1.165, 1.54) is 0 Å². The van der Waals surface area contributed by atoms with Crippen LogP contribution in [0.5, 0.6) is 0 Å². The summed E-state index contributed by atoms with van der Waals surface area (Å²) in [6.45, 7) is 0. The standard InChI is InChI=1S/C18H18N2O2S/c21-23(22,14-11-16-7-2-1-3-8-16)19-17-9-6-10-18(15-17)20-12-4-5-13-20/h1-10,12-13,15,19H,11,14H2. The van der Waals surface area contributed by atoms with Crippen molar-refractivity contribution in [1.29, 1.82) is 0 Å². The lowest BCUT2D eigenvalue weighted by molar-refractivity contribution is 0.600. The van der Waals surface area contributed by atoms with Crippen LogP contribution in [0, 0.1) is 0 Å². The Morgan fingerprint density at radius 2 is 1.61 bits per heavy atom. The van der Waals surface area contributed by atoms with E-state index in [2.05, 4.69) is 4.72 Å². The molecule has 0 saturated carbocycles. The minimum atomic E-state index is -3.38. The topological polar surface area (TPSA) is 51.1 Å². The first kappa shape index (κ1) is 15.4. The van der Waals surface area contributed by atoms with Crippen LogP contribution in [0.3, 0.4) is 0 Å². The molecule has 2 aromatic carbocycles. The molecular weight excluding hydrogens is 308 g/mol. The van der Waals surface area contributed by atoms with Crippen LogP contribution in [-0.2, 0) is 16.4 Å². The van der Waals surface area contributed by atoms with Gasteiger partial charge in [0.1, 0.15) is 0 Å².